The van der Waals surface area contributed by atoms with E-state index >= 15 is 0 Å². The predicted molar refractivity (Wildman–Crippen MR) is 73.6 cm³/mol. The highest BCUT2D eigenvalue weighted by molar-refractivity contribution is 5.94. The Bertz CT molecular complexity index is 524. The minimum atomic E-state index is -4.53. The van der Waals surface area contributed by atoms with E-state index in [1.165, 1.54) is 12.5 Å². The zero-order valence-electron chi connectivity index (χ0n) is 11.8. The summed E-state index contributed by atoms with van der Waals surface area (Å²) in [5.41, 5.74) is -0.848. The second-order valence-corrected chi connectivity index (χ2v) is 5.37. The molecule has 21 heavy (non-hydrogen) atoms. The van der Waals surface area contributed by atoms with Gasteiger partial charge in [0.2, 0.25) is 0 Å². The lowest BCUT2D eigenvalue weighted by atomic mass is 9.85. The lowest BCUT2D eigenvalue weighted by Crippen LogP contribution is -2.33. The minimum absolute atomic E-state index is 0.286. The molecule has 0 heterocycles. The second kappa shape index (κ2) is 5.95. The van der Waals surface area contributed by atoms with Gasteiger partial charge in [0.25, 0.3) is 0 Å². The van der Waals surface area contributed by atoms with Crippen LogP contribution in [-0.2, 0) is 6.18 Å². The molecule has 3 nitrogen and oxygen atoms in total. The van der Waals surface area contributed by atoms with Gasteiger partial charge < -0.3 is 10.0 Å². The lowest BCUT2D eigenvalue weighted by Gasteiger charge is -2.34. The number of alkyl halides is 3. The molecule has 0 amide bonds. The molecule has 0 aliphatic heterocycles. The Kier molecular flexibility index (Phi) is 4.44. The van der Waals surface area contributed by atoms with Gasteiger partial charge in [-0.3, -0.25) is 0 Å². The van der Waals surface area contributed by atoms with Gasteiger partial charge in [0, 0.05) is 13.1 Å². The molecule has 0 spiro atoms. The third-order valence-electron chi connectivity index (χ3n) is 3.98. The van der Waals surface area contributed by atoms with E-state index in [0.29, 0.717) is 24.7 Å². The highest BCUT2D eigenvalue weighted by atomic mass is 19.4. The smallest absolute Gasteiger partial charge is 0.416 e. The molecule has 0 unspecified atom stereocenters. The summed E-state index contributed by atoms with van der Waals surface area (Å²) in [4.78, 5) is 13.2. The average molecular weight is 301 g/mol. The van der Waals surface area contributed by atoms with Crippen molar-refractivity contribution in [1.29, 1.82) is 0 Å². The molecular formula is C15H18F3NO2. The lowest BCUT2D eigenvalue weighted by molar-refractivity contribution is -0.137. The molecular weight excluding hydrogens is 283 g/mol. The number of carboxylic acids is 1. The van der Waals surface area contributed by atoms with Crippen molar-refractivity contribution in [2.24, 2.45) is 5.92 Å². The van der Waals surface area contributed by atoms with E-state index in [2.05, 4.69) is 0 Å². The van der Waals surface area contributed by atoms with Crippen LogP contribution in [0.2, 0.25) is 0 Å². The molecule has 116 valence electrons. The van der Waals surface area contributed by atoms with Crippen LogP contribution in [0.25, 0.3) is 0 Å². The number of anilines is 1. The molecule has 0 atom stereocenters. The van der Waals surface area contributed by atoms with Crippen LogP contribution in [0.3, 0.4) is 0 Å². The van der Waals surface area contributed by atoms with E-state index in [1.807, 2.05) is 11.8 Å². The number of halogens is 3. The number of rotatable bonds is 5. The molecule has 2 rings (SSSR count). The van der Waals surface area contributed by atoms with E-state index in [9.17, 15) is 23.1 Å². The first-order chi connectivity index (χ1) is 9.82. The molecule has 1 aliphatic carbocycles. The van der Waals surface area contributed by atoms with E-state index in [4.69, 9.17) is 0 Å². The van der Waals surface area contributed by atoms with Crippen molar-refractivity contribution in [2.45, 2.75) is 32.4 Å². The Hall–Kier alpha value is -1.72. The highest BCUT2D eigenvalue weighted by Crippen LogP contribution is 2.34. The van der Waals surface area contributed by atoms with Gasteiger partial charge in [-0.15, -0.1) is 0 Å². The maximum absolute atomic E-state index is 12.7. The number of carbonyl (C=O) groups is 1. The number of hydrogen-bond acceptors (Lipinski definition) is 2. The molecule has 1 aromatic rings. The number of benzene rings is 1. The summed E-state index contributed by atoms with van der Waals surface area (Å²) in [6.07, 6.45) is -1.17. The standard InChI is InChI=1S/C15H18F3NO2/c1-2-19(9-10-4-3-5-10)13-7-6-11(15(16,17)18)8-12(13)14(20)21/h6-8,10H,2-5,9H2,1H3,(H,20,21). The Morgan fingerprint density at radius 2 is 2.05 bits per heavy atom. The van der Waals surface area contributed by atoms with Crippen LogP contribution in [0.15, 0.2) is 18.2 Å². The maximum Gasteiger partial charge on any atom is 0.416 e. The van der Waals surface area contributed by atoms with Crippen LogP contribution in [0, 0.1) is 5.92 Å². The first-order valence-corrected chi connectivity index (χ1v) is 7.02. The number of hydrogen-bond donors (Lipinski definition) is 1. The van der Waals surface area contributed by atoms with Gasteiger partial charge in [0.15, 0.2) is 0 Å². The van der Waals surface area contributed by atoms with Gasteiger partial charge in [0.05, 0.1) is 16.8 Å². The third kappa shape index (κ3) is 3.49. The first-order valence-electron chi connectivity index (χ1n) is 7.02. The summed E-state index contributed by atoms with van der Waals surface area (Å²) < 4.78 is 38.1. The average Bonchev–Trinajstić information content (AvgIpc) is 2.36. The second-order valence-electron chi connectivity index (χ2n) is 5.37. The monoisotopic (exact) mass is 301 g/mol. The predicted octanol–water partition coefficient (Wildman–Crippen LogP) is 4.03. The van der Waals surface area contributed by atoms with Crippen molar-refractivity contribution in [3.05, 3.63) is 29.3 Å². The summed E-state index contributed by atoms with van der Waals surface area (Å²) in [6.45, 7) is 3.15. The zero-order valence-corrected chi connectivity index (χ0v) is 11.8. The maximum atomic E-state index is 12.7. The molecule has 1 aliphatic rings. The Morgan fingerprint density at radius 1 is 1.38 bits per heavy atom. The quantitative estimate of drug-likeness (QED) is 0.892. The van der Waals surface area contributed by atoms with Crippen LogP contribution >= 0.6 is 0 Å². The summed E-state index contributed by atoms with van der Waals surface area (Å²) >= 11 is 0. The number of nitrogens with zero attached hydrogens (tertiary/aromatic N) is 1. The number of aromatic carboxylic acids is 1. The summed E-state index contributed by atoms with van der Waals surface area (Å²) in [5.74, 6) is -0.822. The van der Waals surface area contributed by atoms with Crippen LogP contribution in [-0.4, -0.2) is 24.2 Å². The van der Waals surface area contributed by atoms with Crippen LogP contribution in [0.5, 0.6) is 0 Å². The van der Waals surface area contributed by atoms with Crippen LogP contribution < -0.4 is 4.90 Å². The van der Waals surface area contributed by atoms with Gasteiger partial charge in [-0.2, -0.15) is 13.2 Å². The fourth-order valence-electron chi connectivity index (χ4n) is 2.54. The summed E-state index contributed by atoms with van der Waals surface area (Å²) in [5, 5.41) is 9.21. The molecule has 1 N–H and O–H groups in total. The Balaban J connectivity index is 2.34. The molecule has 1 aromatic carbocycles. The fraction of sp³-hybridized carbons (Fsp3) is 0.533. The van der Waals surface area contributed by atoms with Crippen molar-refractivity contribution in [2.75, 3.05) is 18.0 Å². The molecule has 0 aromatic heterocycles. The summed E-state index contributed by atoms with van der Waals surface area (Å²) in [7, 11) is 0. The van der Waals surface area contributed by atoms with Gasteiger partial charge in [-0.1, -0.05) is 6.42 Å². The van der Waals surface area contributed by atoms with E-state index in [-0.39, 0.29) is 5.56 Å². The van der Waals surface area contributed by atoms with Crippen LogP contribution in [0.4, 0.5) is 18.9 Å². The van der Waals surface area contributed by atoms with Crippen molar-refractivity contribution in [1.82, 2.24) is 0 Å². The minimum Gasteiger partial charge on any atom is -0.478 e. The fourth-order valence-corrected chi connectivity index (χ4v) is 2.54. The van der Waals surface area contributed by atoms with E-state index in [0.717, 1.165) is 25.0 Å². The zero-order chi connectivity index (χ0) is 15.6. The van der Waals surface area contributed by atoms with Crippen LogP contribution in [0.1, 0.15) is 42.1 Å². The van der Waals surface area contributed by atoms with Crippen molar-refractivity contribution < 1.29 is 23.1 Å². The summed E-state index contributed by atoms with van der Waals surface area (Å²) in [6, 6.07) is 2.95. The molecule has 1 saturated carbocycles. The topological polar surface area (TPSA) is 40.5 Å². The SMILES string of the molecule is CCN(CC1CCC1)c1ccc(C(F)(F)F)cc1C(=O)O. The first kappa shape index (κ1) is 15.7. The van der Waals surface area contributed by atoms with Gasteiger partial charge in [-0.25, -0.2) is 4.79 Å². The molecule has 6 heteroatoms. The molecule has 0 radical (unpaired) electrons. The number of carboxylic acid groups (broad SMARTS) is 1. The largest absolute Gasteiger partial charge is 0.478 e. The molecule has 1 fully saturated rings. The van der Waals surface area contributed by atoms with Gasteiger partial charge in [0.1, 0.15) is 0 Å². The Labute approximate surface area is 121 Å². The third-order valence-corrected chi connectivity index (χ3v) is 3.98. The van der Waals surface area contributed by atoms with Gasteiger partial charge in [-0.05, 0) is 43.9 Å². The molecule has 0 saturated heterocycles. The molecule has 0 bridgehead atoms. The highest BCUT2D eigenvalue weighted by Gasteiger charge is 2.32. The van der Waals surface area contributed by atoms with Gasteiger partial charge >= 0.3 is 12.1 Å². The van der Waals surface area contributed by atoms with Crippen molar-refractivity contribution in [3.63, 3.8) is 0 Å². The van der Waals surface area contributed by atoms with Crippen molar-refractivity contribution in [3.8, 4) is 0 Å². The Morgan fingerprint density at radius 3 is 2.48 bits per heavy atom. The van der Waals surface area contributed by atoms with E-state index in [1.54, 1.807) is 0 Å². The normalized spacial score (nSPS) is 15.6. The van der Waals surface area contributed by atoms with E-state index < -0.39 is 17.7 Å². The van der Waals surface area contributed by atoms with Crippen molar-refractivity contribution >= 4 is 11.7 Å².